The molecular weight excluding hydrogens is 580 g/mol. The minimum absolute atomic E-state index is 0.0728. The Bertz CT molecular complexity index is 1200. The van der Waals surface area contributed by atoms with Gasteiger partial charge in [0, 0.05) is 36.3 Å². The van der Waals surface area contributed by atoms with Crippen LogP contribution in [0, 0.1) is 17.3 Å². The molecule has 46 heavy (non-hydrogen) atoms. The second kappa shape index (κ2) is 17.5. The summed E-state index contributed by atoms with van der Waals surface area (Å²) in [6, 6.07) is 3.70. The van der Waals surface area contributed by atoms with E-state index < -0.39 is 11.5 Å². The van der Waals surface area contributed by atoms with E-state index in [9.17, 15) is 19.2 Å². The van der Waals surface area contributed by atoms with Gasteiger partial charge in [-0.2, -0.15) is 0 Å². The Morgan fingerprint density at radius 2 is 1.35 bits per heavy atom. The van der Waals surface area contributed by atoms with Crippen LogP contribution < -0.4 is 9.47 Å². The Kier molecular flexibility index (Phi) is 13.7. The first kappa shape index (κ1) is 36.1. The van der Waals surface area contributed by atoms with Crippen molar-refractivity contribution in [3.05, 3.63) is 23.3 Å². The predicted octanol–water partition coefficient (Wildman–Crippen LogP) is 9.36. The fourth-order valence-electron chi connectivity index (χ4n) is 8.33. The number of carbonyl (C=O) groups excluding carboxylic acids is 4. The van der Waals surface area contributed by atoms with E-state index in [0.717, 1.165) is 107 Å². The van der Waals surface area contributed by atoms with Gasteiger partial charge in [-0.05, 0) is 80.8 Å². The molecule has 2 fully saturated rings. The fourth-order valence-corrected chi connectivity index (χ4v) is 8.33. The minimum atomic E-state index is -0.673. The number of aryl methyl sites for hydroxylation is 1. The van der Waals surface area contributed by atoms with Crippen LogP contribution in [0.2, 0.25) is 0 Å². The second-order valence-corrected chi connectivity index (χ2v) is 14.3. The third-order valence-corrected chi connectivity index (χ3v) is 10.9. The first-order chi connectivity index (χ1) is 22.2. The molecule has 0 amide bonds. The van der Waals surface area contributed by atoms with E-state index in [1.807, 2.05) is 6.07 Å². The number of benzene rings is 1. The highest BCUT2D eigenvalue weighted by molar-refractivity contribution is 5.93. The monoisotopic (exact) mass is 638 g/mol. The van der Waals surface area contributed by atoms with Crippen molar-refractivity contribution in [3.63, 3.8) is 0 Å². The molecule has 5 atom stereocenters. The van der Waals surface area contributed by atoms with Gasteiger partial charge in [-0.25, -0.2) is 0 Å². The number of unbranched alkanes of at least 4 members (excludes halogenated alkanes) is 9. The zero-order valence-electron chi connectivity index (χ0n) is 29.0. The summed E-state index contributed by atoms with van der Waals surface area (Å²) in [5.41, 5.74) is 1.58. The zero-order valence-corrected chi connectivity index (χ0v) is 29.0. The Labute approximate surface area is 276 Å². The van der Waals surface area contributed by atoms with Crippen molar-refractivity contribution in [2.24, 2.45) is 17.3 Å². The number of Topliss-reactive ketones (excluding diaryl/α,β-unsaturated/α-hetero) is 1. The molecule has 0 radical (unpaired) electrons. The van der Waals surface area contributed by atoms with Gasteiger partial charge in [0.05, 0.1) is 0 Å². The number of hydrogen-bond acceptors (Lipinski definition) is 7. The van der Waals surface area contributed by atoms with Crippen molar-refractivity contribution in [2.45, 2.75) is 168 Å². The third kappa shape index (κ3) is 9.01. The van der Waals surface area contributed by atoms with E-state index in [-0.39, 0.29) is 41.4 Å². The van der Waals surface area contributed by atoms with Crippen LogP contribution in [-0.2, 0) is 30.3 Å². The van der Waals surface area contributed by atoms with Crippen molar-refractivity contribution < 1.29 is 33.4 Å². The molecular formula is C39H58O7. The lowest BCUT2D eigenvalue weighted by Gasteiger charge is -2.48. The molecule has 1 aromatic carbocycles. The maximum atomic E-state index is 13.7. The Morgan fingerprint density at radius 1 is 0.761 bits per heavy atom. The molecule has 256 valence electrons. The summed E-state index contributed by atoms with van der Waals surface area (Å²) in [4.78, 5) is 52.1. The largest absolute Gasteiger partial charge is 0.454 e. The molecule has 4 rings (SSSR count). The molecule has 0 bridgehead atoms. The van der Waals surface area contributed by atoms with E-state index in [2.05, 4.69) is 27.7 Å². The molecule has 7 nitrogen and oxygen atoms in total. The number of fused-ring (bicyclic) bond motifs is 5. The maximum absolute atomic E-state index is 13.7. The molecule has 0 unspecified atom stereocenters. The van der Waals surface area contributed by atoms with Crippen LogP contribution in [0.15, 0.2) is 12.1 Å². The highest BCUT2D eigenvalue weighted by Crippen LogP contribution is 2.61. The average Bonchev–Trinajstić information content (AvgIpc) is 3.28. The summed E-state index contributed by atoms with van der Waals surface area (Å²) < 4.78 is 17.7. The van der Waals surface area contributed by atoms with Gasteiger partial charge < -0.3 is 14.2 Å². The lowest BCUT2D eigenvalue weighted by Crippen LogP contribution is -2.43. The van der Waals surface area contributed by atoms with Crippen molar-refractivity contribution in [1.29, 1.82) is 0 Å². The van der Waals surface area contributed by atoms with Crippen LogP contribution in [0.25, 0.3) is 0 Å². The van der Waals surface area contributed by atoms with Crippen LogP contribution >= 0.6 is 0 Å². The number of rotatable bonds is 18. The molecule has 1 aromatic rings. The van der Waals surface area contributed by atoms with Gasteiger partial charge >= 0.3 is 17.9 Å². The van der Waals surface area contributed by atoms with Crippen LogP contribution in [0.4, 0.5) is 0 Å². The highest BCUT2D eigenvalue weighted by Gasteiger charge is 2.59. The normalized spacial score (nSPS) is 24.9. The molecule has 0 heterocycles. The molecule has 0 spiro atoms. The lowest BCUT2D eigenvalue weighted by atomic mass is 9.55. The Balaban J connectivity index is 1.52. The first-order valence-electron chi connectivity index (χ1n) is 18.5. The summed E-state index contributed by atoms with van der Waals surface area (Å²) >= 11 is 0. The topological polar surface area (TPSA) is 96.0 Å². The summed E-state index contributed by atoms with van der Waals surface area (Å²) in [6.45, 7) is 8.50. The van der Waals surface area contributed by atoms with Crippen LogP contribution in [0.3, 0.4) is 0 Å². The minimum Gasteiger partial charge on any atom is -0.454 e. The van der Waals surface area contributed by atoms with Gasteiger partial charge in [0.2, 0.25) is 0 Å². The van der Waals surface area contributed by atoms with Gasteiger partial charge in [-0.1, -0.05) is 85.5 Å². The van der Waals surface area contributed by atoms with E-state index in [1.165, 1.54) is 0 Å². The number of ketones is 1. The average molecular weight is 639 g/mol. The summed E-state index contributed by atoms with van der Waals surface area (Å²) in [7, 11) is 0. The van der Waals surface area contributed by atoms with Gasteiger partial charge in [-0.3, -0.25) is 19.2 Å². The van der Waals surface area contributed by atoms with Gasteiger partial charge in [-0.15, -0.1) is 0 Å². The molecule has 0 aliphatic heterocycles. The fraction of sp³-hybridized carbons (Fsp3) is 0.744. The summed E-state index contributed by atoms with van der Waals surface area (Å²) in [5.74, 6) is 0.682. The molecule has 3 aliphatic rings. The van der Waals surface area contributed by atoms with Gasteiger partial charge in [0.1, 0.15) is 11.5 Å². The molecule has 0 aromatic heterocycles. The number of hydrogen-bond donors (Lipinski definition) is 0. The number of ether oxygens (including phenoxy) is 3. The van der Waals surface area contributed by atoms with E-state index in [1.54, 1.807) is 6.07 Å². The van der Waals surface area contributed by atoms with E-state index in [4.69, 9.17) is 14.2 Å². The summed E-state index contributed by atoms with van der Waals surface area (Å²) in [5, 5.41) is 0. The van der Waals surface area contributed by atoms with Crippen molar-refractivity contribution in [1.82, 2.24) is 0 Å². The standard InChI is InChI=1S/C39H58O7/c1-5-8-11-14-17-34(40)44-28-24-27-20-21-29-30(37(27)32(25-28)45-35(41)18-15-12-9-6-2)22-23-39(4)31(29)26-33(38(39)43)46-36(42)19-16-13-10-7-3/h24-25,29-31,33H,5-23,26H2,1-4H3/t29-,30-,31-,33+,39-/m0/s1. The van der Waals surface area contributed by atoms with Crippen LogP contribution in [-0.4, -0.2) is 29.8 Å². The maximum Gasteiger partial charge on any atom is 0.311 e. The molecule has 0 saturated heterocycles. The second-order valence-electron chi connectivity index (χ2n) is 14.3. The lowest BCUT2D eigenvalue weighted by molar-refractivity contribution is -0.155. The smallest absolute Gasteiger partial charge is 0.311 e. The van der Waals surface area contributed by atoms with Crippen LogP contribution in [0.1, 0.15) is 167 Å². The number of esters is 3. The molecule has 7 heteroatoms. The zero-order chi connectivity index (χ0) is 33.1. The van der Waals surface area contributed by atoms with Crippen molar-refractivity contribution >= 4 is 23.7 Å². The Morgan fingerprint density at radius 3 is 1.96 bits per heavy atom. The predicted molar refractivity (Wildman–Crippen MR) is 179 cm³/mol. The molecule has 2 saturated carbocycles. The van der Waals surface area contributed by atoms with E-state index in [0.29, 0.717) is 43.6 Å². The SMILES string of the molecule is CCCCCCC(=O)Oc1cc2c(c(OC(=O)CCCCCC)c1)[C@H]1CC[C@]3(C)C(=O)[C@H](OC(=O)CCCCCC)C[C@H]3[C@H]1CC2. The number of carbonyl (C=O) groups is 4. The first-order valence-corrected chi connectivity index (χ1v) is 18.5. The third-order valence-electron chi connectivity index (χ3n) is 10.9. The Hall–Kier alpha value is -2.70. The van der Waals surface area contributed by atoms with Crippen LogP contribution in [0.5, 0.6) is 11.5 Å². The van der Waals surface area contributed by atoms with Gasteiger partial charge in [0.15, 0.2) is 11.9 Å². The van der Waals surface area contributed by atoms with Gasteiger partial charge in [0.25, 0.3) is 0 Å². The summed E-state index contributed by atoms with van der Waals surface area (Å²) in [6.07, 6.45) is 16.1. The quantitative estimate of drug-likeness (QED) is 0.0898. The van der Waals surface area contributed by atoms with E-state index >= 15 is 0 Å². The molecule has 0 N–H and O–H groups in total. The van der Waals surface area contributed by atoms with Crippen molar-refractivity contribution in [3.8, 4) is 11.5 Å². The molecule has 3 aliphatic carbocycles. The highest BCUT2D eigenvalue weighted by atomic mass is 16.6. The van der Waals surface area contributed by atoms with Crippen molar-refractivity contribution in [2.75, 3.05) is 0 Å².